The number of nitrogens with zero attached hydrogens (tertiary/aromatic N) is 2. The largest absolute Gasteiger partial charge is 0.292 e. The molecule has 0 saturated carbocycles. The highest BCUT2D eigenvalue weighted by atomic mass is 79.9. The van der Waals surface area contributed by atoms with Crippen LogP contribution in [0.25, 0.3) is 4.96 Å². The molecule has 1 aliphatic rings. The summed E-state index contributed by atoms with van der Waals surface area (Å²) in [5.41, 5.74) is 3.08. The number of Topliss-reactive ketones (excluding diaryl/α,β-unsaturated/α-hetero) is 1. The predicted molar refractivity (Wildman–Crippen MR) is 101 cm³/mol. The van der Waals surface area contributed by atoms with Crippen molar-refractivity contribution in [2.24, 2.45) is 0 Å². The van der Waals surface area contributed by atoms with Crippen LogP contribution >= 0.6 is 27.3 Å². The SMILES string of the molecule is CC(C(=O)c1cnc2sc3c(n12)CCCCC3)c1cccc(Br)c1. The van der Waals surface area contributed by atoms with Gasteiger partial charge < -0.3 is 0 Å². The van der Waals surface area contributed by atoms with Crippen LogP contribution in [0.3, 0.4) is 0 Å². The number of benzene rings is 1. The lowest BCUT2D eigenvalue weighted by molar-refractivity contribution is 0.0960. The summed E-state index contributed by atoms with van der Waals surface area (Å²) < 4.78 is 3.13. The molecule has 2 aromatic heterocycles. The number of ketones is 1. The highest BCUT2D eigenvalue weighted by molar-refractivity contribution is 9.10. The summed E-state index contributed by atoms with van der Waals surface area (Å²) in [6.45, 7) is 1.98. The van der Waals surface area contributed by atoms with Crippen LogP contribution in [0.5, 0.6) is 0 Å². The molecule has 5 heteroatoms. The van der Waals surface area contributed by atoms with E-state index in [1.807, 2.05) is 31.2 Å². The number of imidazole rings is 1. The molecule has 3 nitrogen and oxygen atoms in total. The Morgan fingerprint density at radius 3 is 2.96 bits per heavy atom. The topological polar surface area (TPSA) is 34.4 Å². The lowest BCUT2D eigenvalue weighted by atomic mass is 9.95. The minimum atomic E-state index is -0.177. The maximum absolute atomic E-state index is 13.1. The Bertz CT molecular complexity index is 911. The minimum absolute atomic E-state index is 0.144. The fraction of sp³-hybridized carbons (Fsp3) is 0.368. The van der Waals surface area contributed by atoms with E-state index in [1.54, 1.807) is 17.5 Å². The van der Waals surface area contributed by atoms with Crippen LogP contribution in [0.2, 0.25) is 0 Å². The van der Waals surface area contributed by atoms with Crippen molar-refractivity contribution in [2.45, 2.75) is 44.9 Å². The first kappa shape index (κ1) is 16.0. The van der Waals surface area contributed by atoms with Crippen molar-refractivity contribution >= 4 is 38.0 Å². The molecule has 1 atom stereocenters. The fourth-order valence-corrected chi connectivity index (χ4v) is 5.09. The van der Waals surface area contributed by atoms with Crippen LogP contribution in [0, 0.1) is 0 Å². The molecule has 1 aliphatic carbocycles. The molecule has 0 spiro atoms. The van der Waals surface area contributed by atoms with Gasteiger partial charge in [0.25, 0.3) is 0 Å². The quantitative estimate of drug-likeness (QED) is 0.433. The van der Waals surface area contributed by atoms with Crippen molar-refractivity contribution in [3.63, 3.8) is 0 Å². The van der Waals surface area contributed by atoms with E-state index < -0.39 is 0 Å². The third kappa shape index (κ3) is 2.74. The molecule has 3 aromatic rings. The van der Waals surface area contributed by atoms with E-state index >= 15 is 0 Å². The molecular weight excluding hydrogens is 384 g/mol. The summed E-state index contributed by atoms with van der Waals surface area (Å²) in [7, 11) is 0. The van der Waals surface area contributed by atoms with Gasteiger partial charge in [0.2, 0.25) is 0 Å². The lowest BCUT2D eigenvalue weighted by Crippen LogP contribution is -2.13. The fourth-order valence-electron chi connectivity index (χ4n) is 3.49. The van der Waals surface area contributed by atoms with Crippen molar-refractivity contribution in [3.05, 3.63) is 56.8 Å². The van der Waals surface area contributed by atoms with Crippen LogP contribution < -0.4 is 0 Å². The highest BCUT2D eigenvalue weighted by Crippen LogP contribution is 2.32. The maximum atomic E-state index is 13.1. The molecule has 0 bridgehead atoms. The van der Waals surface area contributed by atoms with E-state index in [0.29, 0.717) is 0 Å². The summed E-state index contributed by atoms with van der Waals surface area (Å²) in [5.74, 6) is -0.0332. The summed E-state index contributed by atoms with van der Waals surface area (Å²) >= 11 is 5.25. The van der Waals surface area contributed by atoms with Gasteiger partial charge in [-0.25, -0.2) is 4.98 Å². The van der Waals surface area contributed by atoms with Gasteiger partial charge in [0.1, 0.15) is 5.69 Å². The molecule has 1 aromatic carbocycles. The number of aryl methyl sites for hydroxylation is 2. The van der Waals surface area contributed by atoms with Crippen LogP contribution in [0.4, 0.5) is 0 Å². The average molecular weight is 403 g/mol. The zero-order valence-corrected chi connectivity index (χ0v) is 16.0. The molecule has 1 unspecified atom stereocenters. The van der Waals surface area contributed by atoms with Crippen molar-refractivity contribution in [1.82, 2.24) is 9.38 Å². The molecular formula is C19H19BrN2OS. The zero-order valence-electron chi connectivity index (χ0n) is 13.6. The van der Waals surface area contributed by atoms with Gasteiger partial charge in [-0.15, -0.1) is 11.3 Å². The van der Waals surface area contributed by atoms with Gasteiger partial charge in [-0.3, -0.25) is 9.20 Å². The van der Waals surface area contributed by atoms with E-state index in [2.05, 4.69) is 25.3 Å². The average Bonchev–Trinajstić information content (AvgIpc) is 3.05. The van der Waals surface area contributed by atoms with Crippen LogP contribution in [-0.2, 0) is 12.8 Å². The number of thiazole rings is 1. The second kappa shape index (κ2) is 6.45. The molecule has 0 amide bonds. The van der Waals surface area contributed by atoms with Gasteiger partial charge in [-0.05, 0) is 43.4 Å². The molecule has 4 rings (SSSR count). The molecule has 0 saturated heterocycles. The summed E-state index contributed by atoms with van der Waals surface area (Å²) in [6.07, 6.45) is 7.65. The number of hydrogen-bond donors (Lipinski definition) is 0. The number of carbonyl (C=O) groups excluding carboxylic acids is 1. The first-order chi connectivity index (χ1) is 11.6. The van der Waals surface area contributed by atoms with Crippen LogP contribution in [0.1, 0.15) is 58.7 Å². The van der Waals surface area contributed by atoms with Crippen LogP contribution in [0.15, 0.2) is 34.9 Å². The zero-order chi connectivity index (χ0) is 16.7. The van der Waals surface area contributed by atoms with Crippen molar-refractivity contribution in [1.29, 1.82) is 0 Å². The second-order valence-corrected chi connectivity index (χ2v) is 8.41. The third-order valence-electron chi connectivity index (χ3n) is 4.85. The standard InChI is InChI=1S/C19H19BrN2OS/c1-12(13-6-5-7-14(20)10-13)18(23)16-11-21-19-22(16)15-8-3-2-4-9-17(15)24-19/h5-7,10-12H,2-4,8-9H2,1H3. The van der Waals surface area contributed by atoms with Gasteiger partial charge in [0.15, 0.2) is 10.7 Å². The minimum Gasteiger partial charge on any atom is -0.292 e. The molecule has 0 fully saturated rings. The lowest BCUT2D eigenvalue weighted by Gasteiger charge is -2.11. The molecule has 0 N–H and O–H groups in total. The van der Waals surface area contributed by atoms with Crippen molar-refractivity contribution in [3.8, 4) is 0 Å². The van der Waals surface area contributed by atoms with Gasteiger partial charge >= 0.3 is 0 Å². The maximum Gasteiger partial charge on any atom is 0.194 e. The highest BCUT2D eigenvalue weighted by Gasteiger charge is 2.25. The summed E-state index contributed by atoms with van der Waals surface area (Å²) in [5, 5.41) is 0. The molecule has 24 heavy (non-hydrogen) atoms. The van der Waals surface area contributed by atoms with Gasteiger partial charge in [0, 0.05) is 21.0 Å². The van der Waals surface area contributed by atoms with E-state index in [9.17, 15) is 4.79 Å². The molecule has 2 heterocycles. The third-order valence-corrected chi connectivity index (χ3v) is 6.50. The Balaban J connectivity index is 1.76. The van der Waals surface area contributed by atoms with Gasteiger partial charge in [0.05, 0.1) is 6.20 Å². The van der Waals surface area contributed by atoms with Crippen molar-refractivity contribution in [2.75, 3.05) is 0 Å². The first-order valence-electron chi connectivity index (χ1n) is 8.43. The monoisotopic (exact) mass is 402 g/mol. The Hall–Kier alpha value is -1.46. The number of hydrogen-bond acceptors (Lipinski definition) is 3. The van der Waals surface area contributed by atoms with E-state index in [0.717, 1.165) is 33.5 Å². The Morgan fingerprint density at radius 2 is 2.12 bits per heavy atom. The van der Waals surface area contributed by atoms with E-state index in [-0.39, 0.29) is 11.7 Å². The number of halogens is 1. The number of fused-ring (bicyclic) bond motifs is 3. The van der Waals surface area contributed by atoms with Gasteiger partial charge in [-0.1, -0.05) is 41.4 Å². The number of aromatic nitrogens is 2. The predicted octanol–water partition coefficient (Wildman–Crippen LogP) is 5.41. The number of carbonyl (C=O) groups is 1. The van der Waals surface area contributed by atoms with E-state index in [4.69, 9.17) is 0 Å². The molecule has 0 aliphatic heterocycles. The molecule has 0 radical (unpaired) electrons. The molecule has 124 valence electrons. The smallest absolute Gasteiger partial charge is 0.194 e. The number of rotatable bonds is 3. The van der Waals surface area contributed by atoms with E-state index in [1.165, 1.54) is 29.8 Å². The second-order valence-electron chi connectivity index (χ2n) is 6.43. The Kier molecular flexibility index (Phi) is 4.31. The Morgan fingerprint density at radius 1 is 1.29 bits per heavy atom. The summed E-state index contributed by atoms with van der Waals surface area (Å²) in [4.78, 5) is 20.0. The summed E-state index contributed by atoms with van der Waals surface area (Å²) in [6, 6.07) is 8.00. The van der Waals surface area contributed by atoms with Crippen molar-refractivity contribution < 1.29 is 4.79 Å². The normalized spacial score (nSPS) is 15.9. The first-order valence-corrected chi connectivity index (χ1v) is 10.0. The van der Waals surface area contributed by atoms with Crippen LogP contribution in [-0.4, -0.2) is 15.2 Å². The van der Waals surface area contributed by atoms with Gasteiger partial charge in [-0.2, -0.15) is 0 Å². The Labute approximate surface area is 153 Å².